The summed E-state index contributed by atoms with van der Waals surface area (Å²) >= 11 is 1.85. The van der Waals surface area contributed by atoms with E-state index in [1.165, 1.54) is 68.3 Å². The van der Waals surface area contributed by atoms with Gasteiger partial charge in [-0.15, -0.1) is 11.8 Å². The van der Waals surface area contributed by atoms with E-state index in [1.807, 2.05) is 30.0 Å². The van der Waals surface area contributed by atoms with E-state index in [4.69, 9.17) is 9.47 Å². The summed E-state index contributed by atoms with van der Waals surface area (Å²) < 4.78 is 11.5. The number of benzene rings is 2. The lowest BCUT2D eigenvalue weighted by molar-refractivity contribution is 0.102. The fourth-order valence-corrected chi connectivity index (χ4v) is 5.25. The maximum Gasteiger partial charge on any atom is 0.255 e. The van der Waals surface area contributed by atoms with Crippen molar-refractivity contribution in [2.75, 3.05) is 24.9 Å². The van der Waals surface area contributed by atoms with E-state index >= 15 is 0 Å². The van der Waals surface area contributed by atoms with Crippen LogP contribution in [-0.4, -0.2) is 30.4 Å². The number of nitrogens with one attached hydrogen (secondary N) is 1. The molecule has 0 atom stereocenters. The smallest absolute Gasteiger partial charge is 0.255 e. The van der Waals surface area contributed by atoms with Gasteiger partial charge in [-0.3, -0.25) is 4.79 Å². The summed E-state index contributed by atoms with van der Waals surface area (Å²) in [7, 11) is 1.63. The third-order valence-electron chi connectivity index (χ3n) is 6.57. The fourth-order valence-electron chi connectivity index (χ4n) is 4.50. The molecule has 1 heterocycles. The van der Waals surface area contributed by atoms with E-state index in [-0.39, 0.29) is 5.91 Å². The zero-order valence-electron chi connectivity index (χ0n) is 22.9. The molecule has 1 amide bonds. The van der Waals surface area contributed by atoms with Gasteiger partial charge in [0.05, 0.1) is 19.6 Å². The van der Waals surface area contributed by atoms with Crippen LogP contribution < -0.4 is 14.8 Å². The van der Waals surface area contributed by atoms with Gasteiger partial charge >= 0.3 is 0 Å². The molecule has 0 saturated carbocycles. The molecule has 1 aliphatic rings. The lowest BCUT2D eigenvalue weighted by Crippen LogP contribution is -2.14. The zero-order chi connectivity index (χ0) is 26.3. The number of amides is 1. The Labute approximate surface area is 228 Å². The van der Waals surface area contributed by atoms with Crippen LogP contribution in [0.3, 0.4) is 0 Å². The highest BCUT2D eigenvalue weighted by Gasteiger charge is 2.13. The summed E-state index contributed by atoms with van der Waals surface area (Å²) in [5.41, 5.74) is 2.51. The van der Waals surface area contributed by atoms with E-state index < -0.39 is 0 Å². The van der Waals surface area contributed by atoms with Crippen LogP contribution in [0.15, 0.2) is 53.6 Å². The summed E-state index contributed by atoms with van der Waals surface area (Å²) in [6.07, 6.45) is 15.0. The number of thioether (sulfide) groups is 1. The van der Waals surface area contributed by atoms with Gasteiger partial charge in [-0.1, -0.05) is 76.8 Å². The number of ether oxygens (including phenoxy) is 2. The van der Waals surface area contributed by atoms with Crippen molar-refractivity contribution in [3.63, 3.8) is 0 Å². The highest BCUT2D eigenvalue weighted by molar-refractivity contribution is 8.03. The van der Waals surface area contributed by atoms with Crippen LogP contribution in [0.5, 0.6) is 11.5 Å². The number of hydrogen-bond acceptors (Lipinski definition) is 5. The minimum absolute atomic E-state index is 0.156. The summed E-state index contributed by atoms with van der Waals surface area (Å²) in [6.45, 7) is 5.85. The molecule has 0 bridgehead atoms. The number of nitrogens with zero attached hydrogens (tertiary/aromatic N) is 1. The number of unbranched alkanes of at least 4 members (excludes halogenated alkanes) is 9. The van der Waals surface area contributed by atoms with Crippen molar-refractivity contribution in [2.24, 2.45) is 0 Å². The van der Waals surface area contributed by atoms with E-state index in [9.17, 15) is 4.79 Å². The number of rotatable bonds is 17. The van der Waals surface area contributed by atoms with Crippen molar-refractivity contribution in [3.8, 4) is 11.5 Å². The van der Waals surface area contributed by atoms with Crippen LogP contribution in [0.1, 0.15) is 94.0 Å². The molecule has 6 heteroatoms. The van der Waals surface area contributed by atoms with Crippen molar-refractivity contribution in [1.82, 2.24) is 4.90 Å². The molecule has 0 radical (unpaired) electrons. The average Bonchev–Trinajstić information content (AvgIpc) is 3.31. The molecule has 37 heavy (non-hydrogen) atoms. The number of carbonyl (C=O) groups is 1. The van der Waals surface area contributed by atoms with Gasteiger partial charge in [0.25, 0.3) is 5.91 Å². The minimum atomic E-state index is -0.156. The Balaban J connectivity index is 1.44. The molecular weight excluding hydrogens is 480 g/mol. The number of allylic oxidation sites excluding steroid dienone is 1. The molecule has 0 aromatic heterocycles. The van der Waals surface area contributed by atoms with Crippen LogP contribution >= 0.6 is 11.8 Å². The molecule has 0 saturated heterocycles. The van der Waals surface area contributed by atoms with Crippen LogP contribution in [-0.2, 0) is 6.54 Å². The number of carbonyl (C=O) groups excluding carboxylic acids is 1. The number of anilines is 1. The first-order chi connectivity index (χ1) is 18.1. The van der Waals surface area contributed by atoms with Crippen LogP contribution in [0.2, 0.25) is 0 Å². The molecule has 0 spiro atoms. The second kappa shape index (κ2) is 16.3. The summed E-state index contributed by atoms with van der Waals surface area (Å²) in [5, 5.41) is 3.03. The molecule has 2 aromatic rings. The Bertz CT molecular complexity index is 1010. The van der Waals surface area contributed by atoms with E-state index in [2.05, 4.69) is 36.3 Å². The Kier molecular flexibility index (Phi) is 12.7. The Morgan fingerprint density at radius 2 is 1.68 bits per heavy atom. The summed E-state index contributed by atoms with van der Waals surface area (Å²) in [6, 6.07) is 13.4. The molecule has 202 valence electrons. The largest absolute Gasteiger partial charge is 0.493 e. The molecule has 5 nitrogen and oxygen atoms in total. The topological polar surface area (TPSA) is 50.8 Å². The first-order valence-electron chi connectivity index (χ1n) is 13.9. The predicted octanol–water partition coefficient (Wildman–Crippen LogP) is 8.61. The second-order valence-electron chi connectivity index (χ2n) is 9.81. The second-order valence-corrected chi connectivity index (χ2v) is 11.0. The molecule has 2 aromatic carbocycles. The molecule has 0 fully saturated rings. The van der Waals surface area contributed by atoms with Crippen LogP contribution in [0.25, 0.3) is 0 Å². The molecule has 1 N–H and O–H groups in total. The van der Waals surface area contributed by atoms with Crippen molar-refractivity contribution in [1.29, 1.82) is 0 Å². The normalized spacial score (nSPS) is 12.9. The van der Waals surface area contributed by atoms with Crippen LogP contribution in [0, 0.1) is 0 Å². The van der Waals surface area contributed by atoms with Gasteiger partial charge in [-0.05, 0) is 54.1 Å². The summed E-state index contributed by atoms with van der Waals surface area (Å²) in [5.74, 6) is 2.08. The molecule has 0 unspecified atom stereocenters. The molecular formula is C31H44N2O3S. The first-order valence-corrected chi connectivity index (χ1v) is 14.8. The maximum absolute atomic E-state index is 13.0. The van der Waals surface area contributed by atoms with Crippen LogP contribution in [0.4, 0.5) is 5.69 Å². The van der Waals surface area contributed by atoms with Crippen molar-refractivity contribution >= 4 is 23.4 Å². The van der Waals surface area contributed by atoms with Gasteiger partial charge in [0.2, 0.25) is 0 Å². The molecule has 3 rings (SSSR count). The number of hydrogen-bond donors (Lipinski definition) is 1. The Hall–Kier alpha value is -2.60. The minimum Gasteiger partial charge on any atom is -0.493 e. The van der Waals surface area contributed by atoms with Gasteiger partial charge in [-0.25, -0.2) is 0 Å². The molecule has 1 aliphatic heterocycles. The lowest BCUT2D eigenvalue weighted by Gasteiger charge is -2.15. The van der Waals surface area contributed by atoms with E-state index in [0.717, 1.165) is 24.5 Å². The van der Waals surface area contributed by atoms with Gasteiger partial charge < -0.3 is 19.7 Å². The standard InChI is InChI=1S/C31H44N2O3S/c1-4-5-6-7-8-9-10-11-12-13-19-36-30-21-27(17-18-29(30)35-3)31(34)32-28-16-14-15-26(20-28)23-33-22-25(2)37-24-33/h14-18,20-22H,4-13,19,23-24H2,1-3H3,(H,32,34). The van der Waals surface area contributed by atoms with Crippen molar-refractivity contribution in [2.45, 2.75) is 84.6 Å². The Morgan fingerprint density at radius 3 is 2.35 bits per heavy atom. The highest BCUT2D eigenvalue weighted by Crippen LogP contribution is 2.29. The van der Waals surface area contributed by atoms with E-state index in [0.29, 0.717) is 23.7 Å². The number of methoxy groups -OCH3 is 1. The quantitative estimate of drug-likeness (QED) is 0.210. The first kappa shape index (κ1) is 29.0. The Morgan fingerprint density at radius 1 is 0.946 bits per heavy atom. The fraction of sp³-hybridized carbons (Fsp3) is 0.516. The molecule has 0 aliphatic carbocycles. The van der Waals surface area contributed by atoms with E-state index in [1.54, 1.807) is 25.3 Å². The van der Waals surface area contributed by atoms with Crippen molar-refractivity contribution in [3.05, 3.63) is 64.7 Å². The van der Waals surface area contributed by atoms with Gasteiger partial charge in [0.15, 0.2) is 11.5 Å². The SMILES string of the molecule is CCCCCCCCCCCCOc1cc(C(=O)Nc2cccc(CN3C=C(C)SC3)c2)ccc1OC. The van der Waals surface area contributed by atoms with Crippen molar-refractivity contribution < 1.29 is 14.3 Å². The maximum atomic E-state index is 13.0. The van der Waals surface area contributed by atoms with Gasteiger partial charge in [0, 0.05) is 24.0 Å². The third-order valence-corrected chi connectivity index (χ3v) is 7.60. The zero-order valence-corrected chi connectivity index (χ0v) is 23.7. The average molecular weight is 525 g/mol. The lowest BCUT2D eigenvalue weighted by atomic mass is 10.1. The highest BCUT2D eigenvalue weighted by atomic mass is 32.2. The van der Waals surface area contributed by atoms with Gasteiger partial charge in [0.1, 0.15) is 0 Å². The summed E-state index contributed by atoms with van der Waals surface area (Å²) in [4.78, 5) is 16.6. The third kappa shape index (κ3) is 10.4. The van der Waals surface area contributed by atoms with Gasteiger partial charge in [-0.2, -0.15) is 0 Å². The predicted molar refractivity (Wildman–Crippen MR) is 156 cm³/mol. The monoisotopic (exact) mass is 524 g/mol.